The molecule has 0 atom stereocenters. The van der Waals surface area contributed by atoms with Gasteiger partial charge in [-0.15, -0.1) is 0 Å². The fourth-order valence-corrected chi connectivity index (χ4v) is 4.88. The minimum Gasteiger partial charge on any atom is -0.283 e. The van der Waals surface area contributed by atoms with E-state index in [9.17, 15) is 4.79 Å². The highest BCUT2D eigenvalue weighted by atomic mass is 32.1. The van der Waals surface area contributed by atoms with E-state index in [1.165, 1.54) is 15.8 Å². The fraction of sp³-hybridized carbons (Fsp3) is 0.364. The van der Waals surface area contributed by atoms with Crippen molar-refractivity contribution < 1.29 is 4.79 Å². The molecule has 0 N–H and O–H groups in total. The monoisotopic (exact) mass is 364 g/mol. The largest absolute Gasteiger partial charge is 0.283 e. The van der Waals surface area contributed by atoms with Crippen LogP contribution < -0.4 is 4.90 Å². The van der Waals surface area contributed by atoms with Crippen LogP contribution in [0.25, 0.3) is 10.2 Å². The second-order valence-electron chi connectivity index (χ2n) is 7.26. The molecule has 4 heteroatoms. The molecule has 0 spiro atoms. The Bertz CT molecular complexity index is 887. The van der Waals surface area contributed by atoms with Crippen molar-refractivity contribution in [3.63, 3.8) is 0 Å². The van der Waals surface area contributed by atoms with Crippen LogP contribution >= 0.6 is 11.3 Å². The van der Waals surface area contributed by atoms with Gasteiger partial charge in [-0.05, 0) is 43.4 Å². The number of aromatic nitrogens is 1. The SMILES string of the molecule is Cc1ccc(C)c2sc(N(Cc3ccccc3)C(=O)C3CCCC3)nc12. The third kappa shape index (κ3) is 3.26. The van der Waals surface area contributed by atoms with Crippen LogP contribution in [-0.2, 0) is 11.3 Å². The number of rotatable bonds is 4. The highest BCUT2D eigenvalue weighted by Crippen LogP contribution is 2.36. The van der Waals surface area contributed by atoms with Gasteiger partial charge in [0.05, 0.1) is 16.8 Å². The van der Waals surface area contributed by atoms with Crippen LogP contribution in [0.3, 0.4) is 0 Å². The van der Waals surface area contributed by atoms with Crippen molar-refractivity contribution in [3.8, 4) is 0 Å². The van der Waals surface area contributed by atoms with Gasteiger partial charge in [0.1, 0.15) is 0 Å². The van der Waals surface area contributed by atoms with Gasteiger partial charge in [-0.1, -0.05) is 66.6 Å². The van der Waals surface area contributed by atoms with Crippen LogP contribution in [0, 0.1) is 19.8 Å². The normalized spacial score (nSPS) is 14.8. The summed E-state index contributed by atoms with van der Waals surface area (Å²) in [4.78, 5) is 20.1. The zero-order valence-corrected chi connectivity index (χ0v) is 16.2. The van der Waals surface area contributed by atoms with Crippen molar-refractivity contribution in [2.24, 2.45) is 5.92 Å². The van der Waals surface area contributed by atoms with E-state index >= 15 is 0 Å². The molecule has 0 unspecified atom stereocenters. The van der Waals surface area contributed by atoms with Gasteiger partial charge in [0.2, 0.25) is 5.91 Å². The van der Waals surface area contributed by atoms with Gasteiger partial charge in [-0.2, -0.15) is 0 Å². The van der Waals surface area contributed by atoms with Crippen molar-refractivity contribution in [2.75, 3.05) is 4.90 Å². The van der Waals surface area contributed by atoms with E-state index < -0.39 is 0 Å². The van der Waals surface area contributed by atoms with E-state index in [0.29, 0.717) is 6.54 Å². The van der Waals surface area contributed by atoms with E-state index in [-0.39, 0.29) is 11.8 Å². The molecule has 26 heavy (non-hydrogen) atoms. The number of carbonyl (C=O) groups is 1. The van der Waals surface area contributed by atoms with Crippen LogP contribution in [-0.4, -0.2) is 10.9 Å². The lowest BCUT2D eigenvalue weighted by molar-refractivity contribution is -0.122. The summed E-state index contributed by atoms with van der Waals surface area (Å²) in [6.45, 7) is 4.80. The van der Waals surface area contributed by atoms with Crippen LogP contribution in [0.1, 0.15) is 42.4 Å². The van der Waals surface area contributed by atoms with E-state index in [2.05, 4.69) is 38.1 Å². The number of carbonyl (C=O) groups excluding carboxylic acids is 1. The average Bonchev–Trinajstić information content (AvgIpc) is 3.33. The molecule has 2 aromatic carbocycles. The summed E-state index contributed by atoms with van der Waals surface area (Å²) < 4.78 is 1.19. The topological polar surface area (TPSA) is 33.2 Å². The van der Waals surface area contributed by atoms with Crippen molar-refractivity contribution in [3.05, 3.63) is 59.2 Å². The number of aryl methyl sites for hydroxylation is 2. The molecule has 3 aromatic rings. The molecular weight excluding hydrogens is 340 g/mol. The predicted octanol–water partition coefficient (Wildman–Crippen LogP) is 5.64. The number of anilines is 1. The Morgan fingerprint density at radius 2 is 1.77 bits per heavy atom. The molecule has 1 aliphatic rings. The van der Waals surface area contributed by atoms with E-state index in [4.69, 9.17) is 4.98 Å². The summed E-state index contributed by atoms with van der Waals surface area (Å²) in [6, 6.07) is 14.5. The van der Waals surface area contributed by atoms with Gasteiger partial charge in [-0.25, -0.2) is 4.98 Å². The van der Waals surface area contributed by atoms with Crippen LogP contribution in [0.5, 0.6) is 0 Å². The Labute approximate surface area is 158 Å². The van der Waals surface area contributed by atoms with Gasteiger partial charge in [0, 0.05) is 5.92 Å². The maximum absolute atomic E-state index is 13.3. The molecule has 134 valence electrons. The van der Waals surface area contributed by atoms with E-state index in [0.717, 1.165) is 41.9 Å². The van der Waals surface area contributed by atoms with Gasteiger partial charge >= 0.3 is 0 Å². The zero-order chi connectivity index (χ0) is 18.1. The van der Waals surface area contributed by atoms with Gasteiger partial charge in [-0.3, -0.25) is 9.69 Å². The molecule has 0 radical (unpaired) electrons. The lowest BCUT2D eigenvalue weighted by Gasteiger charge is -2.23. The van der Waals surface area contributed by atoms with Crippen LogP contribution in [0.2, 0.25) is 0 Å². The maximum Gasteiger partial charge on any atom is 0.232 e. The molecule has 1 aromatic heterocycles. The molecule has 3 nitrogen and oxygen atoms in total. The molecule has 1 saturated carbocycles. The average molecular weight is 365 g/mol. The maximum atomic E-state index is 13.3. The van der Waals surface area contributed by atoms with Crippen molar-refractivity contribution in [1.29, 1.82) is 0 Å². The quantitative estimate of drug-likeness (QED) is 0.600. The lowest BCUT2D eigenvalue weighted by Crippen LogP contribution is -2.34. The number of nitrogens with zero attached hydrogens (tertiary/aromatic N) is 2. The first-order chi connectivity index (χ1) is 12.6. The van der Waals surface area contributed by atoms with Gasteiger partial charge in [0.25, 0.3) is 0 Å². The molecule has 1 heterocycles. The fourth-order valence-electron chi connectivity index (χ4n) is 3.76. The molecule has 0 saturated heterocycles. The molecule has 4 rings (SSSR count). The summed E-state index contributed by atoms with van der Waals surface area (Å²) >= 11 is 1.65. The first-order valence-corrected chi connectivity index (χ1v) is 10.2. The Morgan fingerprint density at radius 3 is 2.46 bits per heavy atom. The predicted molar refractivity (Wildman–Crippen MR) is 109 cm³/mol. The second-order valence-corrected chi connectivity index (χ2v) is 8.24. The van der Waals surface area contributed by atoms with E-state index in [1.807, 2.05) is 23.1 Å². The molecule has 0 bridgehead atoms. The molecule has 1 amide bonds. The summed E-state index contributed by atoms with van der Waals surface area (Å²) in [5.74, 6) is 0.383. The standard InChI is InChI=1S/C22H24N2OS/c1-15-12-13-16(2)20-19(15)23-22(26-20)24(14-17-8-4-3-5-9-17)21(25)18-10-6-7-11-18/h3-5,8-9,12-13,18H,6-7,10-11,14H2,1-2H3. The number of amides is 1. The molecule has 0 aliphatic heterocycles. The molecular formula is C22H24N2OS. The highest BCUT2D eigenvalue weighted by Gasteiger charge is 2.30. The molecule has 1 fully saturated rings. The van der Waals surface area contributed by atoms with E-state index in [1.54, 1.807) is 11.3 Å². The lowest BCUT2D eigenvalue weighted by atomic mass is 10.1. The smallest absolute Gasteiger partial charge is 0.232 e. The number of hydrogen-bond donors (Lipinski definition) is 0. The Hall–Kier alpha value is -2.20. The summed E-state index contributed by atoms with van der Waals surface area (Å²) in [7, 11) is 0. The minimum atomic E-state index is 0.146. The number of hydrogen-bond acceptors (Lipinski definition) is 3. The third-order valence-electron chi connectivity index (χ3n) is 5.32. The zero-order valence-electron chi connectivity index (χ0n) is 15.4. The summed E-state index contributed by atoms with van der Waals surface area (Å²) in [5, 5.41) is 0.832. The van der Waals surface area contributed by atoms with Crippen LogP contribution in [0.4, 0.5) is 5.13 Å². The number of benzene rings is 2. The van der Waals surface area contributed by atoms with Gasteiger partial charge < -0.3 is 0 Å². The second kappa shape index (κ2) is 7.20. The van der Waals surface area contributed by atoms with Crippen molar-refractivity contribution in [2.45, 2.75) is 46.1 Å². The number of fused-ring (bicyclic) bond motifs is 1. The highest BCUT2D eigenvalue weighted by molar-refractivity contribution is 7.22. The third-order valence-corrected chi connectivity index (χ3v) is 6.53. The van der Waals surface area contributed by atoms with Gasteiger partial charge in [0.15, 0.2) is 5.13 Å². The van der Waals surface area contributed by atoms with Crippen LogP contribution in [0.15, 0.2) is 42.5 Å². The van der Waals surface area contributed by atoms with Crippen molar-refractivity contribution >= 4 is 32.6 Å². The Kier molecular flexibility index (Phi) is 4.77. The van der Waals surface area contributed by atoms with Crippen molar-refractivity contribution in [1.82, 2.24) is 4.98 Å². The summed E-state index contributed by atoms with van der Waals surface area (Å²) in [6.07, 6.45) is 4.33. The first-order valence-electron chi connectivity index (χ1n) is 9.35. The summed E-state index contributed by atoms with van der Waals surface area (Å²) in [5.41, 5.74) is 4.57. The number of thiazole rings is 1. The first kappa shape index (κ1) is 17.2. The minimum absolute atomic E-state index is 0.146. The Morgan fingerprint density at radius 1 is 1.08 bits per heavy atom. The Balaban J connectivity index is 1.75. The molecule has 1 aliphatic carbocycles.